The number of rotatable bonds is 8. The van der Waals surface area contributed by atoms with E-state index in [2.05, 4.69) is 25.6 Å². The summed E-state index contributed by atoms with van der Waals surface area (Å²) in [7, 11) is 0. The Labute approximate surface area is 219 Å². The molecule has 4 rings (SSSR count). The topological polar surface area (TPSA) is 170 Å². The standard InChI is InChI=1S/C24H31ClN8O4/c1-2-36-14-37-16-6-3-15(4-7-16)5-8-17(34)33-11-9-24(10-12-33)13-28-23(32-24)31-22(35)18-20(26)30-21(27)19(25)29-18/h3-4,6-7H,2,5,8-14H2,1H3,(H4,26,27,30)(H2,28,31,32,35). The van der Waals surface area contributed by atoms with Gasteiger partial charge in [-0.1, -0.05) is 23.7 Å². The van der Waals surface area contributed by atoms with Crippen LogP contribution in [-0.2, 0) is 16.0 Å². The number of nitrogens with one attached hydrogen (secondary N) is 2. The SMILES string of the molecule is CCOCOc1ccc(CCC(=O)N2CCC3(CC2)CN=C(NC(=O)c2nc(Cl)c(N)nc2N)N3)cc1. The maximum atomic E-state index is 12.8. The Kier molecular flexibility index (Phi) is 8.29. The Morgan fingerprint density at radius 1 is 1.16 bits per heavy atom. The molecule has 0 unspecified atom stereocenters. The van der Waals surface area contributed by atoms with E-state index in [0.29, 0.717) is 57.9 Å². The van der Waals surface area contributed by atoms with Crippen LogP contribution in [0.15, 0.2) is 29.3 Å². The van der Waals surface area contributed by atoms with Crippen LogP contribution < -0.4 is 26.8 Å². The molecule has 13 heteroatoms. The molecule has 0 radical (unpaired) electrons. The van der Waals surface area contributed by atoms with Crippen molar-refractivity contribution in [3.05, 3.63) is 40.7 Å². The van der Waals surface area contributed by atoms with E-state index >= 15 is 0 Å². The van der Waals surface area contributed by atoms with Gasteiger partial charge in [0.15, 0.2) is 35.2 Å². The largest absolute Gasteiger partial charge is 0.468 e. The molecule has 1 fully saturated rings. The average molecular weight is 531 g/mol. The van der Waals surface area contributed by atoms with Gasteiger partial charge in [-0.15, -0.1) is 0 Å². The number of anilines is 2. The lowest BCUT2D eigenvalue weighted by Crippen LogP contribution is -2.57. The van der Waals surface area contributed by atoms with Gasteiger partial charge >= 0.3 is 0 Å². The molecule has 2 amide bonds. The van der Waals surface area contributed by atoms with Crippen molar-refractivity contribution in [1.82, 2.24) is 25.5 Å². The summed E-state index contributed by atoms with van der Waals surface area (Å²) in [5.41, 5.74) is 12.0. The van der Waals surface area contributed by atoms with Crippen LogP contribution in [0.3, 0.4) is 0 Å². The second kappa shape index (κ2) is 11.6. The molecule has 3 heterocycles. The molecule has 6 N–H and O–H groups in total. The Bertz CT molecular complexity index is 1170. The molecule has 12 nitrogen and oxygen atoms in total. The number of benzene rings is 1. The van der Waals surface area contributed by atoms with Gasteiger partial charge in [-0.05, 0) is 43.9 Å². The van der Waals surface area contributed by atoms with E-state index in [0.717, 1.165) is 11.3 Å². The minimum Gasteiger partial charge on any atom is -0.468 e. The van der Waals surface area contributed by atoms with E-state index in [1.807, 2.05) is 36.1 Å². The van der Waals surface area contributed by atoms with Crippen molar-refractivity contribution in [3.8, 4) is 5.75 Å². The summed E-state index contributed by atoms with van der Waals surface area (Å²) in [6, 6.07) is 7.70. The van der Waals surface area contributed by atoms with Gasteiger partial charge in [-0.2, -0.15) is 0 Å². The minimum atomic E-state index is -0.586. The van der Waals surface area contributed by atoms with Gasteiger partial charge in [0.2, 0.25) is 5.91 Å². The zero-order valence-electron chi connectivity index (χ0n) is 20.6. The first-order valence-corrected chi connectivity index (χ1v) is 12.5. The highest BCUT2D eigenvalue weighted by molar-refractivity contribution is 6.31. The number of carbonyl (C=O) groups is 2. The first-order chi connectivity index (χ1) is 17.8. The molecule has 2 aliphatic heterocycles. The summed E-state index contributed by atoms with van der Waals surface area (Å²) >= 11 is 5.87. The third-order valence-corrected chi connectivity index (χ3v) is 6.69. The number of nitrogens with two attached hydrogens (primary N) is 2. The minimum absolute atomic E-state index is 0.0480. The van der Waals surface area contributed by atoms with E-state index in [1.165, 1.54) is 0 Å². The van der Waals surface area contributed by atoms with Gasteiger partial charge in [0.1, 0.15) is 5.75 Å². The molecule has 198 valence electrons. The van der Waals surface area contributed by atoms with Crippen molar-refractivity contribution >= 4 is 41.0 Å². The summed E-state index contributed by atoms with van der Waals surface area (Å²) in [6.07, 6.45) is 2.52. The quantitative estimate of drug-likeness (QED) is 0.290. The molecule has 2 aliphatic rings. The van der Waals surface area contributed by atoms with Crippen LogP contribution in [0.1, 0.15) is 42.2 Å². The number of aliphatic imine (C=N–C) groups is 1. The number of aromatic nitrogens is 2. The van der Waals surface area contributed by atoms with Crippen molar-refractivity contribution in [2.45, 2.75) is 38.1 Å². The van der Waals surface area contributed by atoms with Crippen molar-refractivity contribution < 1.29 is 19.1 Å². The van der Waals surface area contributed by atoms with Crippen molar-refractivity contribution in [1.29, 1.82) is 0 Å². The summed E-state index contributed by atoms with van der Waals surface area (Å²) in [4.78, 5) is 39.4. The molecule has 1 aromatic heterocycles. The van der Waals surface area contributed by atoms with Crippen LogP contribution >= 0.6 is 11.6 Å². The zero-order valence-corrected chi connectivity index (χ0v) is 21.4. The van der Waals surface area contributed by atoms with Crippen LogP contribution in [-0.4, -0.2) is 71.2 Å². The molecule has 37 heavy (non-hydrogen) atoms. The van der Waals surface area contributed by atoms with Gasteiger partial charge in [0, 0.05) is 26.1 Å². The highest BCUT2D eigenvalue weighted by Gasteiger charge is 2.40. The number of nitrogens with zero attached hydrogens (tertiary/aromatic N) is 4. The predicted molar refractivity (Wildman–Crippen MR) is 139 cm³/mol. The van der Waals surface area contributed by atoms with Crippen molar-refractivity contribution in [3.63, 3.8) is 0 Å². The van der Waals surface area contributed by atoms with E-state index in [4.69, 9.17) is 32.5 Å². The molecule has 0 saturated carbocycles. The van der Waals surface area contributed by atoms with Crippen LogP contribution in [0.4, 0.5) is 11.6 Å². The molecule has 0 bridgehead atoms. The number of aryl methyl sites for hydroxylation is 1. The smallest absolute Gasteiger partial charge is 0.280 e. The maximum absolute atomic E-state index is 12.8. The summed E-state index contributed by atoms with van der Waals surface area (Å²) in [5.74, 6) is 0.427. The molecule has 0 aliphatic carbocycles. The Morgan fingerprint density at radius 3 is 2.59 bits per heavy atom. The number of guanidine groups is 1. The van der Waals surface area contributed by atoms with Gasteiger partial charge in [0.25, 0.3) is 5.91 Å². The lowest BCUT2D eigenvalue weighted by atomic mass is 9.88. The molecule has 1 saturated heterocycles. The monoisotopic (exact) mass is 530 g/mol. The number of piperidine rings is 1. The van der Waals surface area contributed by atoms with Crippen LogP contribution in [0, 0.1) is 0 Å². The van der Waals surface area contributed by atoms with Gasteiger partial charge < -0.3 is 31.2 Å². The molecule has 0 atom stereocenters. The van der Waals surface area contributed by atoms with Crippen LogP contribution in [0.25, 0.3) is 0 Å². The number of ether oxygens (including phenoxy) is 2. The zero-order chi connectivity index (χ0) is 26.4. The Morgan fingerprint density at radius 2 is 1.89 bits per heavy atom. The van der Waals surface area contributed by atoms with E-state index in [1.54, 1.807) is 0 Å². The van der Waals surface area contributed by atoms with Crippen molar-refractivity contribution in [2.75, 3.05) is 44.5 Å². The normalized spacial score (nSPS) is 16.3. The molecule has 1 aromatic carbocycles. The average Bonchev–Trinajstić information content (AvgIpc) is 3.27. The summed E-state index contributed by atoms with van der Waals surface area (Å²) < 4.78 is 10.7. The number of hydrogen-bond acceptors (Lipinski definition) is 10. The molecular formula is C24H31ClN8O4. The lowest BCUT2D eigenvalue weighted by molar-refractivity contribution is -0.132. The molecule has 2 aromatic rings. The molecule has 1 spiro atoms. The van der Waals surface area contributed by atoms with Crippen LogP contribution in [0.5, 0.6) is 5.75 Å². The summed E-state index contributed by atoms with van der Waals surface area (Å²) in [6.45, 7) is 4.45. The fourth-order valence-corrected chi connectivity index (χ4v) is 4.36. The second-order valence-electron chi connectivity index (χ2n) is 8.94. The van der Waals surface area contributed by atoms with E-state index in [-0.39, 0.29) is 40.7 Å². The fraction of sp³-hybridized carbons (Fsp3) is 0.458. The molecular weight excluding hydrogens is 500 g/mol. The number of nitrogen functional groups attached to an aromatic ring is 2. The van der Waals surface area contributed by atoms with E-state index in [9.17, 15) is 9.59 Å². The Balaban J connectivity index is 1.21. The number of likely N-dealkylation sites (tertiary alicyclic amines) is 1. The van der Waals surface area contributed by atoms with Gasteiger partial charge in [-0.25, -0.2) is 9.97 Å². The number of hydrogen-bond donors (Lipinski definition) is 4. The third-order valence-electron chi connectivity index (χ3n) is 6.41. The highest BCUT2D eigenvalue weighted by atomic mass is 35.5. The Hall–Kier alpha value is -3.64. The first-order valence-electron chi connectivity index (χ1n) is 12.1. The van der Waals surface area contributed by atoms with Crippen molar-refractivity contribution in [2.24, 2.45) is 4.99 Å². The number of carbonyl (C=O) groups excluding carboxylic acids is 2. The van der Waals surface area contributed by atoms with E-state index < -0.39 is 5.91 Å². The highest BCUT2D eigenvalue weighted by Crippen LogP contribution is 2.26. The van der Waals surface area contributed by atoms with Crippen LogP contribution in [0.2, 0.25) is 5.15 Å². The first kappa shape index (κ1) is 26.4. The van der Waals surface area contributed by atoms with Gasteiger partial charge in [-0.3, -0.25) is 19.9 Å². The predicted octanol–water partition coefficient (Wildman–Crippen LogP) is 1.35. The number of amides is 2. The summed E-state index contributed by atoms with van der Waals surface area (Å²) in [5, 5.41) is 5.87. The third kappa shape index (κ3) is 6.57. The second-order valence-corrected chi connectivity index (χ2v) is 9.30. The van der Waals surface area contributed by atoms with Gasteiger partial charge in [0.05, 0.1) is 12.1 Å². The maximum Gasteiger partial charge on any atom is 0.280 e. The fourth-order valence-electron chi connectivity index (χ4n) is 4.23. The lowest BCUT2D eigenvalue weighted by Gasteiger charge is -2.39. The number of halogens is 1.